The molecular weight excluding hydrogens is 330 g/mol. The highest BCUT2D eigenvalue weighted by Gasteiger charge is 2.22. The number of aromatic nitrogens is 1. The van der Waals surface area contributed by atoms with Crippen molar-refractivity contribution in [2.75, 3.05) is 20.2 Å². The lowest BCUT2D eigenvalue weighted by atomic mass is 10.1. The van der Waals surface area contributed by atoms with Gasteiger partial charge in [0.2, 0.25) is 5.88 Å². The first-order chi connectivity index (χ1) is 10.2. The minimum atomic E-state index is 0.675. The van der Waals surface area contributed by atoms with E-state index in [4.69, 9.17) is 4.74 Å². The van der Waals surface area contributed by atoms with E-state index in [2.05, 4.69) is 44.2 Å². The van der Waals surface area contributed by atoms with Gasteiger partial charge in [0.25, 0.3) is 0 Å². The highest BCUT2D eigenvalue weighted by Crippen LogP contribution is 2.24. The molecule has 4 nitrogen and oxygen atoms in total. The van der Waals surface area contributed by atoms with Gasteiger partial charge in [-0.25, -0.2) is 4.98 Å². The molecule has 0 aromatic carbocycles. The number of ether oxygens (including phenoxy) is 1. The summed E-state index contributed by atoms with van der Waals surface area (Å²) in [5.74, 6) is 0.784. The van der Waals surface area contributed by atoms with E-state index in [0.717, 1.165) is 35.5 Å². The molecule has 0 radical (unpaired) electrons. The van der Waals surface area contributed by atoms with Crippen LogP contribution in [-0.2, 0) is 6.54 Å². The van der Waals surface area contributed by atoms with Crippen LogP contribution in [0.2, 0.25) is 0 Å². The molecule has 2 aliphatic rings. The van der Waals surface area contributed by atoms with E-state index in [-0.39, 0.29) is 0 Å². The van der Waals surface area contributed by atoms with Gasteiger partial charge in [-0.3, -0.25) is 0 Å². The van der Waals surface area contributed by atoms with Gasteiger partial charge in [-0.2, -0.15) is 0 Å². The topological polar surface area (TPSA) is 37.4 Å². The van der Waals surface area contributed by atoms with E-state index >= 15 is 0 Å². The molecule has 3 rings (SSSR count). The molecule has 116 valence electrons. The smallest absolute Gasteiger partial charge is 0.217 e. The lowest BCUT2D eigenvalue weighted by molar-refractivity contribution is 0.227. The lowest BCUT2D eigenvalue weighted by Crippen LogP contribution is -2.26. The molecule has 2 heterocycles. The lowest BCUT2D eigenvalue weighted by Gasteiger charge is -2.19. The highest BCUT2D eigenvalue weighted by molar-refractivity contribution is 9.10. The summed E-state index contributed by atoms with van der Waals surface area (Å²) in [6.45, 7) is 2.81. The van der Waals surface area contributed by atoms with Gasteiger partial charge >= 0.3 is 0 Å². The maximum Gasteiger partial charge on any atom is 0.217 e. The third kappa shape index (κ3) is 4.41. The van der Waals surface area contributed by atoms with E-state index in [1.807, 2.05) is 6.20 Å². The van der Waals surface area contributed by atoms with Crippen LogP contribution in [0.3, 0.4) is 0 Å². The summed E-state index contributed by atoms with van der Waals surface area (Å²) < 4.78 is 6.97. The van der Waals surface area contributed by atoms with Crippen LogP contribution in [0, 0.1) is 0 Å². The molecule has 1 aromatic heterocycles. The zero-order valence-electron chi connectivity index (χ0n) is 12.6. The number of nitrogens with zero attached hydrogens (tertiary/aromatic N) is 2. The molecule has 1 aliphatic carbocycles. The first-order valence-corrected chi connectivity index (χ1v) is 8.72. The molecule has 1 aromatic rings. The molecule has 21 heavy (non-hydrogen) atoms. The van der Waals surface area contributed by atoms with Crippen molar-refractivity contribution < 1.29 is 4.74 Å². The maximum atomic E-state index is 5.96. The van der Waals surface area contributed by atoms with Crippen LogP contribution in [0.1, 0.15) is 37.7 Å². The van der Waals surface area contributed by atoms with Gasteiger partial charge in [-0.15, -0.1) is 0 Å². The summed E-state index contributed by atoms with van der Waals surface area (Å²) in [7, 11) is 2.21. The SMILES string of the molecule is CN1CCCC1CCOc1ncc(Br)cc1CNC1CC1. The molecular formula is C16H24BrN3O. The predicted molar refractivity (Wildman–Crippen MR) is 87.6 cm³/mol. The van der Waals surface area contributed by atoms with Crippen molar-refractivity contribution in [1.82, 2.24) is 15.2 Å². The van der Waals surface area contributed by atoms with E-state index in [1.165, 1.54) is 32.2 Å². The summed E-state index contributed by atoms with van der Waals surface area (Å²) in [6, 6.07) is 3.48. The molecule has 1 aliphatic heterocycles. The van der Waals surface area contributed by atoms with Crippen molar-refractivity contribution >= 4 is 15.9 Å². The second-order valence-electron chi connectivity index (χ2n) is 6.19. The first-order valence-electron chi connectivity index (χ1n) is 7.93. The van der Waals surface area contributed by atoms with Gasteiger partial charge in [0.05, 0.1) is 6.61 Å². The fraction of sp³-hybridized carbons (Fsp3) is 0.688. The highest BCUT2D eigenvalue weighted by atomic mass is 79.9. The minimum absolute atomic E-state index is 0.675. The summed E-state index contributed by atoms with van der Waals surface area (Å²) in [5.41, 5.74) is 1.15. The van der Waals surface area contributed by atoms with E-state index in [9.17, 15) is 0 Å². The molecule has 0 amide bonds. The second-order valence-corrected chi connectivity index (χ2v) is 7.10. The van der Waals surface area contributed by atoms with Gasteiger partial charge < -0.3 is 15.0 Å². The Hall–Kier alpha value is -0.650. The second kappa shape index (κ2) is 7.07. The summed E-state index contributed by atoms with van der Waals surface area (Å²) >= 11 is 3.50. The predicted octanol–water partition coefficient (Wildman–Crippen LogP) is 2.96. The normalized spacial score (nSPS) is 22.7. The van der Waals surface area contributed by atoms with E-state index in [0.29, 0.717) is 12.1 Å². The fourth-order valence-electron chi connectivity index (χ4n) is 2.90. The Morgan fingerprint density at radius 1 is 1.43 bits per heavy atom. The molecule has 1 unspecified atom stereocenters. The molecule has 0 bridgehead atoms. The van der Waals surface area contributed by atoms with Crippen molar-refractivity contribution in [3.63, 3.8) is 0 Å². The monoisotopic (exact) mass is 353 g/mol. The number of nitrogens with one attached hydrogen (secondary N) is 1. The number of hydrogen-bond donors (Lipinski definition) is 1. The maximum absolute atomic E-state index is 5.96. The Balaban J connectivity index is 1.53. The quantitative estimate of drug-likeness (QED) is 0.817. The van der Waals surface area contributed by atoms with Crippen molar-refractivity contribution in [1.29, 1.82) is 0 Å². The third-order valence-electron chi connectivity index (χ3n) is 4.41. The number of halogens is 1. The van der Waals surface area contributed by atoms with Crippen LogP contribution in [0.25, 0.3) is 0 Å². The molecule has 0 spiro atoms. The van der Waals surface area contributed by atoms with Crippen LogP contribution in [0.15, 0.2) is 16.7 Å². The molecule has 1 atom stereocenters. The van der Waals surface area contributed by atoms with E-state index < -0.39 is 0 Å². The zero-order chi connectivity index (χ0) is 14.7. The Bertz CT molecular complexity index is 479. The number of rotatable bonds is 7. The van der Waals surface area contributed by atoms with Crippen molar-refractivity contribution in [2.24, 2.45) is 0 Å². The number of likely N-dealkylation sites (tertiary alicyclic amines) is 1. The molecule has 1 saturated heterocycles. The Morgan fingerprint density at radius 2 is 2.29 bits per heavy atom. The van der Waals surface area contributed by atoms with E-state index in [1.54, 1.807) is 0 Å². The fourth-order valence-corrected chi connectivity index (χ4v) is 3.28. The average Bonchev–Trinajstić information content (AvgIpc) is 3.21. The summed E-state index contributed by atoms with van der Waals surface area (Å²) in [5, 5.41) is 3.53. The number of hydrogen-bond acceptors (Lipinski definition) is 4. The standard InChI is InChI=1S/C16H24BrN3O/c1-20-7-2-3-15(20)6-8-21-16-12(9-13(17)11-19-16)10-18-14-4-5-14/h9,11,14-15,18H,2-8,10H2,1H3. The van der Waals surface area contributed by atoms with Crippen LogP contribution >= 0.6 is 15.9 Å². The average molecular weight is 354 g/mol. The van der Waals surface area contributed by atoms with Gasteiger partial charge in [0.1, 0.15) is 0 Å². The van der Waals surface area contributed by atoms with Crippen LogP contribution < -0.4 is 10.1 Å². The van der Waals surface area contributed by atoms with Gasteiger partial charge in [0.15, 0.2) is 0 Å². The van der Waals surface area contributed by atoms with Crippen LogP contribution in [0.5, 0.6) is 5.88 Å². The van der Waals surface area contributed by atoms with Crippen molar-refractivity contribution in [3.8, 4) is 5.88 Å². The van der Waals surface area contributed by atoms with Crippen LogP contribution in [0.4, 0.5) is 0 Å². The summed E-state index contributed by atoms with van der Waals surface area (Å²) in [4.78, 5) is 6.88. The molecule has 1 N–H and O–H groups in total. The zero-order valence-corrected chi connectivity index (χ0v) is 14.2. The Morgan fingerprint density at radius 3 is 3.00 bits per heavy atom. The van der Waals surface area contributed by atoms with Gasteiger partial charge in [-0.05, 0) is 67.7 Å². The third-order valence-corrected chi connectivity index (χ3v) is 4.85. The Labute approximate surface area is 135 Å². The molecule has 2 fully saturated rings. The minimum Gasteiger partial charge on any atom is -0.477 e. The Kier molecular flexibility index (Phi) is 5.14. The molecule has 5 heteroatoms. The summed E-state index contributed by atoms with van der Waals surface area (Å²) in [6.07, 6.45) is 8.11. The van der Waals surface area contributed by atoms with Gasteiger partial charge in [-0.1, -0.05) is 0 Å². The van der Waals surface area contributed by atoms with Crippen molar-refractivity contribution in [3.05, 3.63) is 22.3 Å². The van der Waals surface area contributed by atoms with Gasteiger partial charge in [0, 0.05) is 34.9 Å². The van der Waals surface area contributed by atoms with Crippen molar-refractivity contribution in [2.45, 2.75) is 50.7 Å². The molecule has 1 saturated carbocycles. The van der Waals surface area contributed by atoms with Crippen LogP contribution in [-0.4, -0.2) is 42.2 Å². The number of pyridine rings is 1. The first kappa shape index (κ1) is 15.3. The largest absolute Gasteiger partial charge is 0.477 e.